The molecule has 0 spiro atoms. The summed E-state index contributed by atoms with van der Waals surface area (Å²) < 4.78 is 40.5. The summed E-state index contributed by atoms with van der Waals surface area (Å²) in [4.78, 5) is 0. The number of halogens is 3. The standard InChI is InChI=1S/C17H16F3N5/c1-11-22-23-15-6-5-14(24-25(11)15)21-10-16(7-8-16)12-3-2-4-13(9-12)17(18,19)20/h2-6,9H,7-8,10H2,1H3,(H,21,24). The number of aryl methyl sites for hydroxylation is 1. The lowest BCUT2D eigenvalue weighted by Gasteiger charge is -2.18. The van der Waals surface area contributed by atoms with Crippen molar-refractivity contribution in [3.8, 4) is 0 Å². The number of hydrogen-bond donors (Lipinski definition) is 1. The van der Waals surface area contributed by atoms with Crippen molar-refractivity contribution in [3.05, 3.63) is 53.3 Å². The summed E-state index contributed by atoms with van der Waals surface area (Å²) >= 11 is 0. The highest BCUT2D eigenvalue weighted by atomic mass is 19.4. The summed E-state index contributed by atoms with van der Waals surface area (Å²) in [6.07, 6.45) is -2.61. The molecule has 1 aliphatic rings. The maximum absolute atomic E-state index is 12.9. The maximum Gasteiger partial charge on any atom is 0.416 e. The molecule has 0 aliphatic heterocycles. The molecule has 1 fully saturated rings. The highest BCUT2D eigenvalue weighted by Crippen LogP contribution is 2.49. The van der Waals surface area contributed by atoms with Gasteiger partial charge in [0.15, 0.2) is 11.5 Å². The average Bonchev–Trinajstić information content (AvgIpc) is 3.31. The highest BCUT2D eigenvalue weighted by molar-refractivity contribution is 5.45. The summed E-state index contributed by atoms with van der Waals surface area (Å²) in [5.74, 6) is 1.33. The van der Waals surface area contributed by atoms with Crippen LogP contribution >= 0.6 is 0 Å². The minimum atomic E-state index is -4.32. The Bertz CT molecular complexity index is 927. The number of nitrogens with one attached hydrogen (secondary N) is 1. The van der Waals surface area contributed by atoms with Crippen LogP contribution in [0.4, 0.5) is 19.0 Å². The third-order valence-electron chi connectivity index (χ3n) is 4.68. The van der Waals surface area contributed by atoms with Gasteiger partial charge in [-0.25, -0.2) is 0 Å². The van der Waals surface area contributed by atoms with Crippen LogP contribution in [0.2, 0.25) is 0 Å². The molecule has 4 rings (SSSR count). The first kappa shape index (κ1) is 15.9. The van der Waals surface area contributed by atoms with Gasteiger partial charge >= 0.3 is 6.18 Å². The second-order valence-electron chi connectivity index (χ2n) is 6.45. The van der Waals surface area contributed by atoms with Crippen molar-refractivity contribution in [3.63, 3.8) is 0 Å². The van der Waals surface area contributed by atoms with E-state index in [-0.39, 0.29) is 5.41 Å². The molecule has 25 heavy (non-hydrogen) atoms. The fourth-order valence-corrected chi connectivity index (χ4v) is 2.99. The van der Waals surface area contributed by atoms with Gasteiger partial charge in [0.25, 0.3) is 0 Å². The molecule has 0 radical (unpaired) electrons. The summed E-state index contributed by atoms with van der Waals surface area (Å²) in [6.45, 7) is 2.34. The van der Waals surface area contributed by atoms with E-state index in [0.29, 0.717) is 23.8 Å². The first-order valence-electron chi connectivity index (χ1n) is 7.98. The SMILES string of the molecule is Cc1nnc2ccc(NCC3(c4cccc(C(F)(F)F)c4)CC3)nn12. The number of rotatable bonds is 4. The van der Waals surface area contributed by atoms with Crippen LogP contribution in [0.15, 0.2) is 36.4 Å². The molecule has 1 saturated carbocycles. The Kier molecular flexibility index (Phi) is 3.45. The molecule has 1 aliphatic carbocycles. The van der Waals surface area contributed by atoms with E-state index in [1.54, 1.807) is 22.7 Å². The van der Waals surface area contributed by atoms with Crippen molar-refractivity contribution in [2.45, 2.75) is 31.4 Å². The molecule has 8 heteroatoms. The maximum atomic E-state index is 12.9. The Hall–Kier alpha value is -2.64. The Morgan fingerprint density at radius 3 is 2.68 bits per heavy atom. The normalized spacial score (nSPS) is 16.2. The Balaban J connectivity index is 1.54. The van der Waals surface area contributed by atoms with E-state index in [4.69, 9.17) is 0 Å². The summed E-state index contributed by atoms with van der Waals surface area (Å²) in [7, 11) is 0. The molecule has 0 unspecified atom stereocenters. The minimum Gasteiger partial charge on any atom is -0.368 e. The van der Waals surface area contributed by atoms with E-state index < -0.39 is 11.7 Å². The molecule has 1 N–H and O–H groups in total. The number of aromatic nitrogens is 4. The van der Waals surface area contributed by atoms with Crippen molar-refractivity contribution in [2.24, 2.45) is 0 Å². The van der Waals surface area contributed by atoms with E-state index >= 15 is 0 Å². The number of benzene rings is 1. The first-order valence-corrected chi connectivity index (χ1v) is 7.98. The smallest absolute Gasteiger partial charge is 0.368 e. The van der Waals surface area contributed by atoms with Crippen molar-refractivity contribution in [1.82, 2.24) is 19.8 Å². The molecule has 2 heterocycles. The molecule has 130 valence electrons. The van der Waals surface area contributed by atoms with Crippen LogP contribution in [0.3, 0.4) is 0 Å². The lowest BCUT2D eigenvalue weighted by molar-refractivity contribution is -0.137. The molecule has 5 nitrogen and oxygen atoms in total. The van der Waals surface area contributed by atoms with Gasteiger partial charge in [-0.2, -0.15) is 17.7 Å². The predicted octanol–water partition coefficient (Wildman–Crippen LogP) is 3.60. The van der Waals surface area contributed by atoms with Crippen molar-refractivity contribution >= 4 is 11.5 Å². The summed E-state index contributed by atoms with van der Waals surface area (Å²) in [5, 5.41) is 15.6. The third kappa shape index (κ3) is 2.92. The van der Waals surface area contributed by atoms with Gasteiger partial charge in [-0.1, -0.05) is 18.2 Å². The van der Waals surface area contributed by atoms with E-state index in [9.17, 15) is 13.2 Å². The zero-order valence-electron chi connectivity index (χ0n) is 13.5. The van der Waals surface area contributed by atoms with E-state index in [1.165, 1.54) is 12.1 Å². The van der Waals surface area contributed by atoms with Gasteiger partial charge in [0.2, 0.25) is 0 Å². The van der Waals surface area contributed by atoms with Crippen molar-refractivity contribution in [2.75, 3.05) is 11.9 Å². The molecule has 1 aromatic carbocycles. The topological polar surface area (TPSA) is 55.1 Å². The predicted molar refractivity (Wildman–Crippen MR) is 86.4 cm³/mol. The van der Waals surface area contributed by atoms with Crippen LogP contribution in [-0.2, 0) is 11.6 Å². The zero-order chi connectivity index (χ0) is 17.7. The number of hydrogen-bond acceptors (Lipinski definition) is 4. The molecule has 0 bridgehead atoms. The Morgan fingerprint density at radius 1 is 1.16 bits per heavy atom. The fourth-order valence-electron chi connectivity index (χ4n) is 2.99. The highest BCUT2D eigenvalue weighted by Gasteiger charge is 2.45. The Labute approximate surface area is 141 Å². The molecule has 0 amide bonds. The van der Waals surface area contributed by atoms with Crippen LogP contribution in [0.5, 0.6) is 0 Å². The van der Waals surface area contributed by atoms with E-state index in [0.717, 1.165) is 24.5 Å². The number of alkyl halides is 3. The van der Waals surface area contributed by atoms with Gasteiger partial charge in [-0.05, 0) is 43.5 Å². The lowest BCUT2D eigenvalue weighted by atomic mass is 9.94. The zero-order valence-corrected chi connectivity index (χ0v) is 13.5. The van der Waals surface area contributed by atoms with Gasteiger partial charge in [-0.15, -0.1) is 15.3 Å². The largest absolute Gasteiger partial charge is 0.416 e. The first-order chi connectivity index (χ1) is 11.9. The molecule has 2 aromatic heterocycles. The van der Waals surface area contributed by atoms with E-state index in [1.807, 2.05) is 6.92 Å². The number of anilines is 1. The monoisotopic (exact) mass is 347 g/mol. The quantitative estimate of drug-likeness (QED) is 0.784. The molecular formula is C17H16F3N5. The molecule has 0 saturated heterocycles. The van der Waals surface area contributed by atoms with Crippen LogP contribution in [-0.4, -0.2) is 26.4 Å². The van der Waals surface area contributed by atoms with Gasteiger partial charge in [0, 0.05) is 12.0 Å². The second kappa shape index (κ2) is 5.44. The van der Waals surface area contributed by atoms with Crippen LogP contribution < -0.4 is 5.32 Å². The fraction of sp³-hybridized carbons (Fsp3) is 0.353. The summed E-state index contributed by atoms with van der Waals surface area (Å²) in [5.41, 5.74) is 0.509. The van der Waals surface area contributed by atoms with Gasteiger partial charge in [0.05, 0.1) is 5.56 Å². The average molecular weight is 347 g/mol. The Morgan fingerprint density at radius 2 is 1.96 bits per heavy atom. The van der Waals surface area contributed by atoms with Crippen LogP contribution in [0.25, 0.3) is 5.65 Å². The van der Waals surface area contributed by atoms with Crippen molar-refractivity contribution in [1.29, 1.82) is 0 Å². The number of fused-ring (bicyclic) bond motifs is 1. The van der Waals surface area contributed by atoms with E-state index in [2.05, 4.69) is 20.6 Å². The number of nitrogens with zero attached hydrogens (tertiary/aromatic N) is 4. The second-order valence-corrected chi connectivity index (χ2v) is 6.45. The molecule has 3 aromatic rings. The molecular weight excluding hydrogens is 331 g/mol. The van der Waals surface area contributed by atoms with Crippen molar-refractivity contribution < 1.29 is 13.2 Å². The minimum absolute atomic E-state index is 0.264. The van der Waals surface area contributed by atoms with Gasteiger partial charge in [0.1, 0.15) is 5.82 Å². The van der Waals surface area contributed by atoms with Gasteiger partial charge < -0.3 is 5.32 Å². The third-order valence-corrected chi connectivity index (χ3v) is 4.68. The summed E-state index contributed by atoms with van der Waals surface area (Å²) in [6, 6.07) is 9.21. The van der Waals surface area contributed by atoms with Crippen LogP contribution in [0, 0.1) is 6.92 Å². The molecule has 0 atom stereocenters. The lowest BCUT2D eigenvalue weighted by Crippen LogP contribution is -2.21. The van der Waals surface area contributed by atoms with Gasteiger partial charge in [-0.3, -0.25) is 0 Å². The van der Waals surface area contributed by atoms with Crippen LogP contribution in [0.1, 0.15) is 29.8 Å².